The largest absolute Gasteiger partial charge is 0.481 e. The van der Waals surface area contributed by atoms with Gasteiger partial charge in [-0.25, -0.2) is 0 Å². The van der Waals surface area contributed by atoms with E-state index in [9.17, 15) is 19.8 Å². The van der Waals surface area contributed by atoms with Crippen LogP contribution in [0.3, 0.4) is 0 Å². The van der Waals surface area contributed by atoms with E-state index in [1.165, 1.54) is 5.57 Å². The third kappa shape index (κ3) is 8.87. The van der Waals surface area contributed by atoms with Crippen molar-refractivity contribution in [2.75, 3.05) is 19.6 Å². The Hall–Kier alpha value is -1.62. The molecule has 138 valence electrons. The normalized spacial score (nSPS) is 13.2. The van der Waals surface area contributed by atoms with Gasteiger partial charge in [0.05, 0.1) is 0 Å². The van der Waals surface area contributed by atoms with Crippen molar-refractivity contribution >= 4 is 11.9 Å². The maximum atomic E-state index is 11.4. The van der Waals surface area contributed by atoms with E-state index in [0.29, 0.717) is 13.0 Å². The van der Waals surface area contributed by atoms with Crippen LogP contribution in [0.15, 0.2) is 23.3 Å². The van der Waals surface area contributed by atoms with Crippen LogP contribution in [0, 0.1) is 11.8 Å². The number of aliphatic carboxylic acids is 2. The number of hydrogen-bond acceptors (Lipinski definition) is 3. The molecule has 0 aliphatic rings. The molecule has 0 aromatic rings. The Kier molecular flexibility index (Phi) is 11.0. The zero-order valence-corrected chi connectivity index (χ0v) is 15.7. The fourth-order valence-electron chi connectivity index (χ4n) is 2.73. The quantitative estimate of drug-likeness (QED) is 0.417. The maximum Gasteiger partial charge on any atom is 0.318 e. The average Bonchev–Trinajstić information content (AvgIpc) is 2.46. The molecule has 0 aromatic heterocycles. The van der Waals surface area contributed by atoms with E-state index in [0.717, 1.165) is 31.5 Å². The van der Waals surface area contributed by atoms with Crippen molar-refractivity contribution in [2.24, 2.45) is 11.8 Å². The summed E-state index contributed by atoms with van der Waals surface area (Å²) in [5.41, 5.74) is 2.29. The third-order valence-corrected chi connectivity index (χ3v) is 4.22. The van der Waals surface area contributed by atoms with E-state index >= 15 is 0 Å². The van der Waals surface area contributed by atoms with Crippen molar-refractivity contribution in [2.45, 2.75) is 53.9 Å². The highest BCUT2D eigenvalue weighted by atomic mass is 16.4. The van der Waals surface area contributed by atoms with Gasteiger partial charge in [-0.15, -0.1) is 0 Å². The van der Waals surface area contributed by atoms with Crippen LogP contribution in [0.2, 0.25) is 0 Å². The topological polar surface area (TPSA) is 77.8 Å². The lowest BCUT2D eigenvalue weighted by atomic mass is 9.87. The van der Waals surface area contributed by atoms with E-state index in [2.05, 4.69) is 11.0 Å². The van der Waals surface area contributed by atoms with Crippen molar-refractivity contribution in [3.63, 3.8) is 0 Å². The molecule has 1 atom stereocenters. The summed E-state index contributed by atoms with van der Waals surface area (Å²) in [6.07, 6.45) is 6.23. The molecule has 0 bridgehead atoms. The smallest absolute Gasteiger partial charge is 0.318 e. The van der Waals surface area contributed by atoms with Gasteiger partial charge in [-0.05, 0) is 59.7 Å². The maximum absolute atomic E-state index is 11.4. The molecule has 5 heteroatoms. The van der Waals surface area contributed by atoms with Gasteiger partial charge >= 0.3 is 11.9 Å². The highest BCUT2D eigenvalue weighted by Gasteiger charge is 2.33. The molecule has 0 heterocycles. The van der Waals surface area contributed by atoms with E-state index in [4.69, 9.17) is 0 Å². The number of nitrogens with zero attached hydrogens (tertiary/aromatic N) is 1. The molecule has 0 spiro atoms. The standard InChI is InChI=1S/C19H33NO4/c1-6-20(7-2)12-11-16(17(18(21)22)19(23)24)13-15(5)10-8-9-14(3)4/h9,13,16-17H,6-8,10-12H2,1-5H3,(H,21,22)(H,23,24). The first kappa shape index (κ1) is 22.4. The molecule has 0 amide bonds. The van der Waals surface area contributed by atoms with Crippen LogP contribution in [-0.2, 0) is 9.59 Å². The molecule has 0 rings (SSSR count). The Morgan fingerprint density at radius 1 is 1.04 bits per heavy atom. The molecule has 0 aliphatic heterocycles. The fourth-order valence-corrected chi connectivity index (χ4v) is 2.73. The first-order valence-electron chi connectivity index (χ1n) is 8.71. The summed E-state index contributed by atoms with van der Waals surface area (Å²) in [6.45, 7) is 12.6. The predicted octanol–water partition coefficient (Wildman–Crippen LogP) is 3.81. The van der Waals surface area contributed by atoms with Crippen LogP contribution in [0.1, 0.15) is 53.9 Å². The number of allylic oxidation sites excluding steroid dienone is 4. The van der Waals surface area contributed by atoms with Crippen molar-refractivity contribution in [1.82, 2.24) is 4.90 Å². The van der Waals surface area contributed by atoms with E-state index < -0.39 is 23.8 Å². The predicted molar refractivity (Wildman–Crippen MR) is 97.1 cm³/mol. The lowest BCUT2D eigenvalue weighted by molar-refractivity contribution is -0.156. The SMILES string of the molecule is CCN(CC)CCC(C=C(C)CCC=C(C)C)C(C(=O)O)C(=O)O. The highest BCUT2D eigenvalue weighted by Crippen LogP contribution is 2.23. The van der Waals surface area contributed by atoms with E-state index in [1.807, 2.05) is 40.7 Å². The Bertz CT molecular complexity index is 446. The molecule has 0 fully saturated rings. The second-order valence-corrected chi connectivity index (χ2v) is 6.47. The molecule has 0 radical (unpaired) electrons. The lowest BCUT2D eigenvalue weighted by Crippen LogP contribution is -2.33. The van der Waals surface area contributed by atoms with Crippen LogP contribution in [0.4, 0.5) is 0 Å². The molecule has 0 aliphatic carbocycles. The van der Waals surface area contributed by atoms with Gasteiger partial charge in [0.15, 0.2) is 5.92 Å². The summed E-state index contributed by atoms with van der Waals surface area (Å²) in [6, 6.07) is 0. The van der Waals surface area contributed by atoms with Gasteiger partial charge in [0.1, 0.15) is 0 Å². The Balaban J connectivity index is 5.18. The van der Waals surface area contributed by atoms with Crippen LogP contribution in [0.25, 0.3) is 0 Å². The number of hydrogen-bond donors (Lipinski definition) is 2. The zero-order chi connectivity index (χ0) is 18.7. The summed E-state index contributed by atoms with van der Waals surface area (Å²) in [5, 5.41) is 18.6. The zero-order valence-electron chi connectivity index (χ0n) is 15.7. The molecular formula is C19H33NO4. The van der Waals surface area contributed by atoms with E-state index in [1.54, 1.807) is 0 Å². The van der Waals surface area contributed by atoms with Crippen molar-refractivity contribution in [1.29, 1.82) is 0 Å². The summed E-state index contributed by atoms with van der Waals surface area (Å²) in [5.74, 6) is -4.41. The van der Waals surface area contributed by atoms with Crippen LogP contribution >= 0.6 is 0 Å². The van der Waals surface area contributed by atoms with Crippen molar-refractivity contribution < 1.29 is 19.8 Å². The molecule has 1 unspecified atom stereocenters. The molecule has 0 saturated carbocycles. The molecule has 0 aromatic carbocycles. The monoisotopic (exact) mass is 339 g/mol. The third-order valence-electron chi connectivity index (χ3n) is 4.22. The minimum Gasteiger partial charge on any atom is -0.481 e. The van der Waals surface area contributed by atoms with Crippen molar-refractivity contribution in [3.8, 4) is 0 Å². The first-order valence-corrected chi connectivity index (χ1v) is 8.71. The Labute approximate surface area is 146 Å². The Morgan fingerprint density at radius 2 is 1.58 bits per heavy atom. The van der Waals surface area contributed by atoms with E-state index in [-0.39, 0.29) is 0 Å². The Morgan fingerprint density at radius 3 is 2.00 bits per heavy atom. The molecule has 2 N–H and O–H groups in total. The van der Waals surface area contributed by atoms with Crippen LogP contribution < -0.4 is 0 Å². The fraction of sp³-hybridized carbons (Fsp3) is 0.684. The lowest BCUT2D eigenvalue weighted by Gasteiger charge is -2.23. The van der Waals surface area contributed by atoms with Gasteiger partial charge in [-0.2, -0.15) is 0 Å². The van der Waals surface area contributed by atoms with Gasteiger partial charge < -0.3 is 15.1 Å². The van der Waals surface area contributed by atoms with Gasteiger partial charge in [-0.3, -0.25) is 9.59 Å². The minimum absolute atomic E-state index is 0.493. The number of rotatable bonds is 12. The van der Waals surface area contributed by atoms with Gasteiger partial charge in [0.25, 0.3) is 0 Å². The van der Waals surface area contributed by atoms with Gasteiger partial charge in [0.2, 0.25) is 0 Å². The molecule has 0 saturated heterocycles. The first-order chi connectivity index (χ1) is 11.2. The molecule has 24 heavy (non-hydrogen) atoms. The second-order valence-electron chi connectivity index (χ2n) is 6.47. The summed E-state index contributed by atoms with van der Waals surface area (Å²) >= 11 is 0. The van der Waals surface area contributed by atoms with Crippen molar-refractivity contribution in [3.05, 3.63) is 23.3 Å². The second kappa shape index (κ2) is 11.8. The average molecular weight is 339 g/mol. The number of carboxylic acid groups (broad SMARTS) is 2. The summed E-state index contributed by atoms with van der Waals surface area (Å²) in [7, 11) is 0. The minimum atomic E-state index is -1.39. The molecular weight excluding hydrogens is 306 g/mol. The number of carboxylic acids is 2. The number of carbonyl (C=O) groups is 2. The van der Waals surface area contributed by atoms with Crippen LogP contribution in [-0.4, -0.2) is 46.7 Å². The summed E-state index contributed by atoms with van der Waals surface area (Å²) < 4.78 is 0. The highest BCUT2D eigenvalue weighted by molar-refractivity contribution is 5.93. The summed E-state index contributed by atoms with van der Waals surface area (Å²) in [4.78, 5) is 25.0. The molecule has 5 nitrogen and oxygen atoms in total. The van der Waals surface area contributed by atoms with Crippen LogP contribution in [0.5, 0.6) is 0 Å². The van der Waals surface area contributed by atoms with Gasteiger partial charge in [0, 0.05) is 5.92 Å². The van der Waals surface area contributed by atoms with Gasteiger partial charge in [-0.1, -0.05) is 37.1 Å².